The molecule has 0 aliphatic heterocycles. The molecule has 4 aromatic carbocycles. The average Bonchev–Trinajstić information content (AvgIpc) is 2.81. The van der Waals surface area contributed by atoms with Crippen molar-refractivity contribution in [2.24, 2.45) is 0 Å². The Labute approximate surface area is 205 Å². The molecule has 0 saturated carbocycles. The second kappa shape index (κ2) is 13.8. The molecule has 0 saturated heterocycles. The van der Waals surface area contributed by atoms with E-state index in [1.165, 1.54) is 27.4 Å². The maximum absolute atomic E-state index is 2.57. The molecule has 0 amide bonds. The third kappa shape index (κ3) is 7.27. The monoisotopic (exact) mass is 504 g/mol. The Hall–Kier alpha value is -1.48. The summed E-state index contributed by atoms with van der Waals surface area (Å²) >= 11 is 0. The van der Waals surface area contributed by atoms with Crippen LogP contribution < -0.4 is 33.6 Å². The van der Waals surface area contributed by atoms with Crippen molar-refractivity contribution in [2.45, 2.75) is 6.42 Å². The molecule has 0 spiro atoms. The molecule has 0 bridgehead atoms. The molecule has 0 aromatic heterocycles. The predicted molar refractivity (Wildman–Crippen MR) is 132 cm³/mol. The third-order valence-electron chi connectivity index (χ3n) is 4.87. The zero-order valence-electron chi connectivity index (χ0n) is 17.1. The van der Waals surface area contributed by atoms with Gasteiger partial charge in [-0.3, -0.25) is 6.16 Å². The van der Waals surface area contributed by atoms with Gasteiger partial charge in [0, 0.05) is 0 Å². The van der Waals surface area contributed by atoms with Crippen LogP contribution in [0, 0.1) is 6.16 Å². The summed E-state index contributed by atoms with van der Waals surface area (Å²) in [5, 5.41) is 5.78. The number of rotatable bonds is 8. The van der Waals surface area contributed by atoms with Crippen LogP contribution in [0.25, 0.3) is 0 Å². The van der Waals surface area contributed by atoms with Crippen LogP contribution in [0.5, 0.6) is 0 Å². The van der Waals surface area contributed by atoms with Crippen LogP contribution in [0.3, 0.4) is 0 Å². The van der Waals surface area contributed by atoms with Gasteiger partial charge in [-0.15, -0.1) is 0 Å². The molecular weight excluding hydrogens is 480 g/mol. The SMILES string of the molecule is [Cl-].[Ni+2].c1ccc(P([CH-]CCP(c2ccccc2)c2ccccc2)c2ccccc2)cc1. The maximum Gasteiger partial charge on any atom is 2.00 e. The Morgan fingerprint density at radius 1 is 0.484 bits per heavy atom. The molecule has 160 valence electrons. The van der Waals surface area contributed by atoms with E-state index in [2.05, 4.69) is 127 Å². The molecule has 4 heteroatoms. The van der Waals surface area contributed by atoms with Crippen molar-refractivity contribution >= 4 is 37.1 Å². The largest absolute Gasteiger partial charge is 2.00 e. The van der Waals surface area contributed by atoms with Crippen molar-refractivity contribution in [1.82, 2.24) is 0 Å². The number of benzene rings is 4. The van der Waals surface area contributed by atoms with Crippen molar-refractivity contribution in [3.8, 4) is 0 Å². The summed E-state index contributed by atoms with van der Waals surface area (Å²) in [5.74, 6) is 0. The van der Waals surface area contributed by atoms with E-state index in [4.69, 9.17) is 0 Å². The first-order valence-corrected chi connectivity index (χ1v) is 13.0. The maximum atomic E-state index is 2.57. The normalized spacial score (nSPS) is 10.4. The first kappa shape index (κ1) is 25.8. The fourth-order valence-corrected chi connectivity index (χ4v) is 8.04. The van der Waals surface area contributed by atoms with E-state index in [9.17, 15) is 0 Å². The zero-order valence-corrected chi connectivity index (χ0v) is 20.7. The van der Waals surface area contributed by atoms with E-state index in [1.807, 2.05) is 0 Å². The molecule has 0 unspecified atom stereocenters. The second-order valence-electron chi connectivity index (χ2n) is 6.84. The van der Waals surface area contributed by atoms with Crippen LogP contribution in [0.1, 0.15) is 6.42 Å². The standard InChI is InChI=1S/C27H25P2.ClH.Ni/c1-5-14-24(15-6-1)28(25-16-7-2-8-17-25)22-13-23-29(26-18-9-3-10-19-26)27-20-11-4-12-21-27;;/h1-12,14-22H,13,23H2;1H;/q-1;;+2/p-1. The van der Waals surface area contributed by atoms with E-state index < -0.39 is 7.92 Å². The van der Waals surface area contributed by atoms with Gasteiger partial charge < -0.3 is 12.4 Å². The molecule has 0 N–H and O–H groups in total. The Balaban J connectivity index is 0.00000171. The number of hydrogen-bond acceptors (Lipinski definition) is 0. The van der Waals surface area contributed by atoms with Gasteiger partial charge in [0.25, 0.3) is 0 Å². The van der Waals surface area contributed by atoms with Gasteiger partial charge in [-0.05, 0) is 18.5 Å². The molecule has 0 nitrogen and oxygen atoms in total. The van der Waals surface area contributed by atoms with Gasteiger partial charge in [-0.25, -0.2) is 7.92 Å². The minimum absolute atomic E-state index is 0. The fraction of sp³-hybridized carbons (Fsp3) is 0.0741. The van der Waals surface area contributed by atoms with Gasteiger partial charge in [0.2, 0.25) is 0 Å². The summed E-state index contributed by atoms with van der Waals surface area (Å²) in [6.07, 6.45) is 4.87. The molecule has 0 aliphatic rings. The van der Waals surface area contributed by atoms with Gasteiger partial charge in [-0.1, -0.05) is 138 Å². The van der Waals surface area contributed by atoms with E-state index >= 15 is 0 Å². The summed E-state index contributed by atoms with van der Waals surface area (Å²) in [6, 6.07) is 43.9. The van der Waals surface area contributed by atoms with Crippen LogP contribution in [-0.2, 0) is 16.5 Å². The van der Waals surface area contributed by atoms with Crippen molar-refractivity contribution in [1.29, 1.82) is 0 Å². The molecule has 4 aromatic rings. The van der Waals surface area contributed by atoms with E-state index in [0.29, 0.717) is 0 Å². The first-order chi connectivity index (χ1) is 14.4. The number of hydrogen-bond donors (Lipinski definition) is 0. The Kier molecular flexibility index (Phi) is 11.5. The Bertz CT molecular complexity index is 821. The van der Waals surface area contributed by atoms with Crippen LogP contribution in [-0.4, -0.2) is 6.16 Å². The third-order valence-corrected chi connectivity index (χ3v) is 9.75. The second-order valence-corrected chi connectivity index (χ2v) is 11.3. The predicted octanol–water partition coefficient (Wildman–Crippen LogP) is 2.81. The minimum Gasteiger partial charge on any atom is -1.00 e. The summed E-state index contributed by atoms with van der Waals surface area (Å²) in [7, 11) is -0.774. The molecule has 4 rings (SSSR count). The average molecular weight is 506 g/mol. The van der Waals surface area contributed by atoms with Gasteiger partial charge in [-0.2, -0.15) is 6.42 Å². The molecule has 0 fully saturated rings. The zero-order chi connectivity index (χ0) is 19.7. The van der Waals surface area contributed by atoms with Crippen molar-refractivity contribution in [3.05, 3.63) is 127 Å². The quantitative estimate of drug-likeness (QED) is 0.196. The Morgan fingerprint density at radius 2 is 0.806 bits per heavy atom. The first-order valence-electron chi connectivity index (χ1n) is 10.0. The van der Waals surface area contributed by atoms with E-state index in [1.54, 1.807) is 0 Å². The smallest absolute Gasteiger partial charge is 1.00 e. The van der Waals surface area contributed by atoms with Crippen LogP contribution in [0.4, 0.5) is 0 Å². The van der Waals surface area contributed by atoms with Crippen LogP contribution in [0.2, 0.25) is 0 Å². The Morgan fingerprint density at radius 3 is 1.16 bits per heavy atom. The van der Waals surface area contributed by atoms with E-state index in [0.717, 1.165) is 6.42 Å². The molecule has 0 atom stereocenters. The molecular formula is C27H25ClNiP2. The minimum atomic E-state index is -0.434. The van der Waals surface area contributed by atoms with Crippen LogP contribution in [0.15, 0.2) is 121 Å². The molecule has 31 heavy (non-hydrogen) atoms. The topological polar surface area (TPSA) is 0 Å². The van der Waals surface area contributed by atoms with E-state index in [-0.39, 0.29) is 36.8 Å². The molecule has 0 radical (unpaired) electrons. The molecule has 0 heterocycles. The van der Waals surface area contributed by atoms with Crippen molar-refractivity contribution in [3.63, 3.8) is 0 Å². The van der Waals surface area contributed by atoms with Gasteiger partial charge in [0.15, 0.2) is 0 Å². The fourth-order valence-electron chi connectivity index (χ4n) is 3.48. The van der Waals surface area contributed by atoms with Crippen molar-refractivity contribution < 1.29 is 28.9 Å². The summed E-state index contributed by atoms with van der Waals surface area (Å²) in [5.41, 5.74) is 0. The number of halogens is 1. The van der Waals surface area contributed by atoms with Gasteiger partial charge in [0.05, 0.1) is 0 Å². The summed E-state index contributed by atoms with van der Waals surface area (Å²) in [4.78, 5) is 0. The molecule has 0 aliphatic carbocycles. The van der Waals surface area contributed by atoms with Crippen molar-refractivity contribution in [2.75, 3.05) is 6.16 Å². The van der Waals surface area contributed by atoms with Gasteiger partial charge >= 0.3 is 16.5 Å². The van der Waals surface area contributed by atoms with Gasteiger partial charge in [0.1, 0.15) is 0 Å². The summed E-state index contributed by atoms with van der Waals surface area (Å²) in [6.45, 7) is 0. The summed E-state index contributed by atoms with van der Waals surface area (Å²) < 4.78 is 0. The van der Waals surface area contributed by atoms with Crippen LogP contribution >= 0.6 is 15.8 Å².